The summed E-state index contributed by atoms with van der Waals surface area (Å²) in [4.78, 5) is 19.5. The first-order chi connectivity index (χ1) is 14.6. The molecule has 1 aromatic carbocycles. The van der Waals surface area contributed by atoms with Crippen molar-refractivity contribution in [1.29, 1.82) is 0 Å². The highest BCUT2D eigenvalue weighted by molar-refractivity contribution is 9.10. The SMILES string of the molecule is COc1cc(Br)cn2nc(C(=O)N3CCc4ccc(-c5ccccn5)cc4C3)cc12. The van der Waals surface area contributed by atoms with Crippen molar-refractivity contribution in [3.63, 3.8) is 0 Å². The molecule has 150 valence electrons. The van der Waals surface area contributed by atoms with Gasteiger partial charge in [-0.25, -0.2) is 4.52 Å². The highest BCUT2D eigenvalue weighted by Crippen LogP contribution is 2.28. The average molecular weight is 463 g/mol. The lowest BCUT2D eigenvalue weighted by Crippen LogP contribution is -2.36. The Labute approximate surface area is 182 Å². The minimum absolute atomic E-state index is 0.0780. The van der Waals surface area contributed by atoms with E-state index in [9.17, 15) is 4.79 Å². The second kappa shape index (κ2) is 7.57. The van der Waals surface area contributed by atoms with E-state index in [0.29, 0.717) is 24.5 Å². The van der Waals surface area contributed by atoms with E-state index in [0.717, 1.165) is 33.2 Å². The lowest BCUT2D eigenvalue weighted by molar-refractivity contribution is 0.0728. The molecule has 0 spiro atoms. The van der Waals surface area contributed by atoms with Crippen molar-refractivity contribution in [2.75, 3.05) is 13.7 Å². The molecule has 1 amide bonds. The van der Waals surface area contributed by atoms with E-state index in [-0.39, 0.29) is 5.91 Å². The van der Waals surface area contributed by atoms with Crippen LogP contribution in [-0.2, 0) is 13.0 Å². The first-order valence-corrected chi connectivity index (χ1v) is 10.5. The van der Waals surface area contributed by atoms with Crippen LogP contribution in [0.4, 0.5) is 0 Å². The average Bonchev–Trinajstić information content (AvgIpc) is 3.21. The maximum atomic E-state index is 13.2. The molecular weight excluding hydrogens is 444 g/mol. The minimum Gasteiger partial charge on any atom is -0.494 e. The standard InChI is InChI=1S/C23H19BrN4O2/c1-30-22-11-18(24)14-28-21(22)12-20(26-28)23(29)27-9-7-15-5-6-16(10-17(15)13-27)19-4-2-3-8-25-19/h2-6,8,10-12,14H,7,9,13H2,1H3. The number of fused-ring (bicyclic) bond motifs is 2. The summed E-state index contributed by atoms with van der Waals surface area (Å²) in [5.41, 5.74) is 5.60. The van der Waals surface area contributed by atoms with E-state index in [1.165, 1.54) is 5.56 Å². The summed E-state index contributed by atoms with van der Waals surface area (Å²) in [6, 6.07) is 15.9. The Balaban J connectivity index is 1.44. The summed E-state index contributed by atoms with van der Waals surface area (Å²) >= 11 is 3.45. The fraction of sp³-hybridized carbons (Fsp3) is 0.174. The zero-order chi connectivity index (χ0) is 20.7. The predicted octanol–water partition coefficient (Wildman–Crippen LogP) is 4.37. The lowest BCUT2D eigenvalue weighted by Gasteiger charge is -2.28. The van der Waals surface area contributed by atoms with E-state index < -0.39 is 0 Å². The maximum Gasteiger partial charge on any atom is 0.274 e. The number of nitrogens with zero attached hydrogens (tertiary/aromatic N) is 4. The van der Waals surface area contributed by atoms with Crippen LogP contribution in [0.5, 0.6) is 5.75 Å². The third-order valence-electron chi connectivity index (χ3n) is 5.41. The number of rotatable bonds is 3. The summed E-state index contributed by atoms with van der Waals surface area (Å²) in [5.74, 6) is 0.589. The molecule has 0 saturated heterocycles. The zero-order valence-electron chi connectivity index (χ0n) is 16.4. The Kier molecular flexibility index (Phi) is 4.75. The van der Waals surface area contributed by atoms with Crippen LogP contribution in [0.25, 0.3) is 16.8 Å². The molecule has 4 aromatic rings. The van der Waals surface area contributed by atoms with Crippen molar-refractivity contribution in [3.8, 4) is 17.0 Å². The summed E-state index contributed by atoms with van der Waals surface area (Å²) < 4.78 is 7.94. The fourth-order valence-corrected chi connectivity index (χ4v) is 4.29. The van der Waals surface area contributed by atoms with E-state index in [1.54, 1.807) is 23.9 Å². The van der Waals surface area contributed by atoms with E-state index >= 15 is 0 Å². The van der Waals surface area contributed by atoms with Crippen molar-refractivity contribution in [3.05, 3.63) is 82.2 Å². The second-order valence-electron chi connectivity index (χ2n) is 7.26. The van der Waals surface area contributed by atoms with Crippen LogP contribution >= 0.6 is 15.9 Å². The molecule has 0 radical (unpaired) electrons. The molecule has 6 nitrogen and oxygen atoms in total. The number of carbonyl (C=O) groups excluding carboxylic acids is 1. The molecule has 1 aliphatic heterocycles. The predicted molar refractivity (Wildman–Crippen MR) is 118 cm³/mol. The van der Waals surface area contributed by atoms with Gasteiger partial charge < -0.3 is 9.64 Å². The third-order valence-corrected chi connectivity index (χ3v) is 5.84. The van der Waals surface area contributed by atoms with E-state index in [1.807, 2.05) is 35.4 Å². The maximum absolute atomic E-state index is 13.2. The van der Waals surface area contributed by atoms with Crippen LogP contribution in [0.15, 0.2) is 65.4 Å². The van der Waals surface area contributed by atoms with E-state index in [4.69, 9.17) is 4.74 Å². The monoisotopic (exact) mass is 462 g/mol. The Hall–Kier alpha value is -3.19. The molecule has 3 aromatic heterocycles. The molecule has 4 heterocycles. The lowest BCUT2D eigenvalue weighted by atomic mass is 9.96. The fourth-order valence-electron chi connectivity index (χ4n) is 3.88. The second-order valence-corrected chi connectivity index (χ2v) is 8.18. The van der Waals surface area contributed by atoms with Gasteiger partial charge in [-0.15, -0.1) is 0 Å². The smallest absolute Gasteiger partial charge is 0.274 e. The first-order valence-electron chi connectivity index (χ1n) is 9.68. The Morgan fingerprint density at radius 2 is 2.03 bits per heavy atom. The number of aromatic nitrogens is 3. The summed E-state index contributed by atoms with van der Waals surface area (Å²) in [6.07, 6.45) is 4.44. The van der Waals surface area contributed by atoms with Gasteiger partial charge in [0.1, 0.15) is 11.3 Å². The number of halogens is 1. The van der Waals surface area contributed by atoms with Gasteiger partial charge in [-0.3, -0.25) is 9.78 Å². The van der Waals surface area contributed by atoms with Gasteiger partial charge in [0.25, 0.3) is 5.91 Å². The quantitative estimate of drug-likeness (QED) is 0.453. The van der Waals surface area contributed by atoms with Crippen molar-refractivity contribution in [2.45, 2.75) is 13.0 Å². The molecule has 0 unspecified atom stereocenters. The molecule has 0 bridgehead atoms. The molecule has 5 rings (SSSR count). The molecule has 0 saturated carbocycles. The van der Waals surface area contributed by atoms with Gasteiger partial charge >= 0.3 is 0 Å². The molecule has 0 N–H and O–H groups in total. The van der Waals surface area contributed by atoms with Crippen LogP contribution in [-0.4, -0.2) is 39.1 Å². The van der Waals surface area contributed by atoms with E-state index in [2.05, 4.69) is 44.2 Å². The van der Waals surface area contributed by atoms with Crippen molar-refractivity contribution in [2.24, 2.45) is 0 Å². The van der Waals surface area contributed by atoms with Crippen LogP contribution in [0.1, 0.15) is 21.6 Å². The largest absolute Gasteiger partial charge is 0.494 e. The normalized spacial score (nSPS) is 13.3. The summed E-state index contributed by atoms with van der Waals surface area (Å²) in [6.45, 7) is 1.23. The van der Waals surface area contributed by atoms with Crippen LogP contribution in [0.3, 0.4) is 0 Å². The molecular formula is C23H19BrN4O2. The first kappa shape index (κ1) is 18.8. The number of amides is 1. The van der Waals surface area contributed by atoms with Gasteiger partial charge in [-0.2, -0.15) is 5.10 Å². The highest BCUT2D eigenvalue weighted by atomic mass is 79.9. The van der Waals surface area contributed by atoms with Crippen molar-refractivity contribution < 1.29 is 9.53 Å². The highest BCUT2D eigenvalue weighted by Gasteiger charge is 2.25. The van der Waals surface area contributed by atoms with Crippen LogP contribution in [0, 0.1) is 0 Å². The number of hydrogen-bond donors (Lipinski definition) is 0. The summed E-state index contributed by atoms with van der Waals surface area (Å²) in [5, 5.41) is 4.48. The Bertz CT molecular complexity index is 1250. The number of benzene rings is 1. The number of pyridine rings is 2. The number of carbonyl (C=O) groups is 1. The van der Waals surface area contributed by atoms with Crippen molar-refractivity contribution in [1.82, 2.24) is 19.5 Å². The van der Waals surface area contributed by atoms with Crippen LogP contribution in [0.2, 0.25) is 0 Å². The molecule has 30 heavy (non-hydrogen) atoms. The molecule has 7 heteroatoms. The van der Waals surface area contributed by atoms with Gasteiger partial charge in [-0.1, -0.05) is 18.2 Å². The van der Waals surface area contributed by atoms with Gasteiger partial charge in [0.2, 0.25) is 0 Å². The minimum atomic E-state index is -0.0780. The molecule has 0 fully saturated rings. The zero-order valence-corrected chi connectivity index (χ0v) is 18.0. The molecule has 1 aliphatic rings. The number of ether oxygens (including phenoxy) is 1. The van der Waals surface area contributed by atoms with Crippen molar-refractivity contribution >= 4 is 27.4 Å². The number of methoxy groups -OCH3 is 1. The van der Waals surface area contributed by atoms with Gasteiger partial charge in [0, 0.05) is 41.6 Å². The Morgan fingerprint density at radius 1 is 1.13 bits per heavy atom. The topological polar surface area (TPSA) is 59.7 Å². The Morgan fingerprint density at radius 3 is 2.83 bits per heavy atom. The molecule has 0 aliphatic carbocycles. The van der Waals surface area contributed by atoms with Gasteiger partial charge in [0.05, 0.1) is 12.8 Å². The van der Waals surface area contributed by atoms with Crippen LogP contribution < -0.4 is 4.74 Å². The summed E-state index contributed by atoms with van der Waals surface area (Å²) in [7, 11) is 1.61. The molecule has 0 atom stereocenters. The van der Waals surface area contributed by atoms with Gasteiger partial charge in [-0.05, 0) is 57.7 Å². The van der Waals surface area contributed by atoms with Gasteiger partial charge in [0.15, 0.2) is 5.69 Å². The number of hydrogen-bond acceptors (Lipinski definition) is 4. The third kappa shape index (κ3) is 3.35.